The fourth-order valence-electron chi connectivity index (χ4n) is 1.55. The van der Waals surface area contributed by atoms with Crippen LogP contribution >= 0.6 is 0 Å². The van der Waals surface area contributed by atoms with Crippen molar-refractivity contribution in [3.05, 3.63) is 23.7 Å². The van der Waals surface area contributed by atoms with Gasteiger partial charge in [-0.05, 0) is 39.8 Å². The van der Waals surface area contributed by atoms with Gasteiger partial charge in [0.2, 0.25) is 5.76 Å². The van der Waals surface area contributed by atoms with E-state index < -0.39 is 29.8 Å². The Bertz CT molecular complexity index is 516. The highest BCUT2D eigenvalue weighted by Gasteiger charge is 2.34. The second kappa shape index (κ2) is 6.17. The molecule has 118 valence electrons. The molecule has 0 aliphatic heterocycles. The molecule has 1 amide bonds. The number of hydrogen-bond acceptors (Lipinski definition) is 6. The molecule has 0 spiro atoms. The van der Waals surface area contributed by atoms with Crippen LogP contribution < -0.4 is 5.32 Å². The van der Waals surface area contributed by atoms with Gasteiger partial charge in [-0.3, -0.25) is 0 Å². The number of furan rings is 1. The van der Waals surface area contributed by atoms with Crippen LogP contribution in [-0.4, -0.2) is 36.5 Å². The number of carbonyl (C=O) groups is 2. The normalized spacial score (nSPS) is 14.2. The van der Waals surface area contributed by atoms with Gasteiger partial charge in [0.1, 0.15) is 16.9 Å². The zero-order chi connectivity index (χ0) is 16.3. The number of esters is 1. The SMILES string of the molecule is COC(=O)c1ccc(C(C)(CO)NC(=O)OC(C)(C)C)o1. The second-order valence-electron chi connectivity index (χ2n) is 5.77. The van der Waals surface area contributed by atoms with E-state index in [1.165, 1.54) is 19.2 Å². The van der Waals surface area contributed by atoms with Crippen LogP contribution in [0, 0.1) is 0 Å². The monoisotopic (exact) mass is 299 g/mol. The summed E-state index contributed by atoms with van der Waals surface area (Å²) in [6, 6.07) is 2.89. The maximum absolute atomic E-state index is 11.8. The number of rotatable bonds is 4. The van der Waals surface area contributed by atoms with Crippen molar-refractivity contribution in [2.24, 2.45) is 0 Å². The van der Waals surface area contributed by atoms with Crippen LogP contribution in [0.5, 0.6) is 0 Å². The molecule has 1 aromatic heterocycles. The molecule has 1 rings (SSSR count). The van der Waals surface area contributed by atoms with Gasteiger partial charge in [0, 0.05) is 0 Å². The smallest absolute Gasteiger partial charge is 0.408 e. The minimum atomic E-state index is -1.21. The maximum Gasteiger partial charge on any atom is 0.408 e. The molecule has 1 atom stereocenters. The summed E-state index contributed by atoms with van der Waals surface area (Å²) in [7, 11) is 1.23. The molecule has 0 radical (unpaired) electrons. The number of hydrogen-bond donors (Lipinski definition) is 2. The van der Waals surface area contributed by atoms with Crippen molar-refractivity contribution in [1.82, 2.24) is 5.32 Å². The van der Waals surface area contributed by atoms with E-state index in [2.05, 4.69) is 10.1 Å². The van der Waals surface area contributed by atoms with E-state index in [-0.39, 0.29) is 11.5 Å². The molecular formula is C14H21NO6. The van der Waals surface area contributed by atoms with Gasteiger partial charge in [0.05, 0.1) is 13.7 Å². The molecule has 2 N–H and O–H groups in total. The molecule has 0 aliphatic carbocycles. The lowest BCUT2D eigenvalue weighted by atomic mass is 10.0. The van der Waals surface area contributed by atoms with Crippen molar-refractivity contribution in [3.63, 3.8) is 0 Å². The molecule has 0 aliphatic rings. The fourth-order valence-corrected chi connectivity index (χ4v) is 1.55. The van der Waals surface area contributed by atoms with Gasteiger partial charge in [-0.1, -0.05) is 0 Å². The highest BCUT2D eigenvalue weighted by Crippen LogP contribution is 2.24. The van der Waals surface area contributed by atoms with Crippen LogP contribution in [0.4, 0.5) is 4.79 Å². The van der Waals surface area contributed by atoms with E-state index in [0.717, 1.165) is 0 Å². The molecule has 1 unspecified atom stereocenters. The summed E-state index contributed by atoms with van der Waals surface area (Å²) in [4.78, 5) is 23.2. The lowest BCUT2D eigenvalue weighted by Gasteiger charge is -2.28. The van der Waals surface area contributed by atoms with Crippen LogP contribution in [0.2, 0.25) is 0 Å². The summed E-state index contributed by atoms with van der Waals surface area (Å²) in [5.74, 6) is -0.437. The standard InChI is InChI=1S/C14H21NO6/c1-13(2,3)21-12(18)15-14(4,8-16)10-7-6-9(20-10)11(17)19-5/h6-7,16H,8H2,1-5H3,(H,15,18). The Morgan fingerprint density at radius 2 is 1.90 bits per heavy atom. The predicted molar refractivity (Wildman–Crippen MR) is 73.9 cm³/mol. The minimum Gasteiger partial charge on any atom is -0.463 e. The molecule has 0 fully saturated rings. The number of amides is 1. The van der Waals surface area contributed by atoms with Crippen LogP contribution in [0.25, 0.3) is 0 Å². The molecule has 0 aromatic carbocycles. The first-order valence-corrected chi connectivity index (χ1v) is 6.42. The lowest BCUT2D eigenvalue weighted by molar-refractivity contribution is 0.0383. The van der Waals surface area contributed by atoms with Crippen molar-refractivity contribution in [2.75, 3.05) is 13.7 Å². The van der Waals surface area contributed by atoms with Crippen molar-refractivity contribution < 1.29 is 28.6 Å². The molecule has 21 heavy (non-hydrogen) atoms. The number of aliphatic hydroxyl groups excluding tert-OH is 1. The third-order valence-corrected chi connectivity index (χ3v) is 2.63. The summed E-state index contributed by atoms with van der Waals surface area (Å²) in [5.41, 5.74) is -1.88. The van der Waals surface area contributed by atoms with E-state index in [0.29, 0.717) is 0 Å². The van der Waals surface area contributed by atoms with Crippen molar-refractivity contribution in [1.29, 1.82) is 0 Å². The maximum atomic E-state index is 11.8. The van der Waals surface area contributed by atoms with Crippen LogP contribution in [0.1, 0.15) is 44.0 Å². The fraction of sp³-hybridized carbons (Fsp3) is 0.571. The lowest BCUT2D eigenvalue weighted by Crippen LogP contribution is -2.48. The Morgan fingerprint density at radius 1 is 1.29 bits per heavy atom. The second-order valence-corrected chi connectivity index (χ2v) is 5.77. The number of carbonyl (C=O) groups excluding carboxylic acids is 2. The first kappa shape index (κ1) is 17.0. The van der Waals surface area contributed by atoms with E-state index in [4.69, 9.17) is 9.15 Å². The number of alkyl carbamates (subject to hydrolysis) is 1. The Morgan fingerprint density at radius 3 is 2.38 bits per heavy atom. The van der Waals surface area contributed by atoms with Crippen molar-refractivity contribution in [3.8, 4) is 0 Å². The molecule has 0 saturated heterocycles. The Hall–Kier alpha value is -2.02. The Balaban J connectivity index is 2.91. The van der Waals surface area contributed by atoms with Crippen LogP contribution in [0.15, 0.2) is 16.5 Å². The van der Waals surface area contributed by atoms with Crippen LogP contribution in [-0.2, 0) is 15.0 Å². The molecule has 1 heterocycles. The average Bonchev–Trinajstić information content (AvgIpc) is 2.85. The zero-order valence-electron chi connectivity index (χ0n) is 12.9. The molecule has 0 saturated carbocycles. The van der Waals surface area contributed by atoms with Gasteiger partial charge in [0.15, 0.2) is 0 Å². The number of aliphatic hydroxyl groups is 1. The predicted octanol–water partition coefficient (Wildman–Crippen LogP) is 1.80. The summed E-state index contributed by atoms with van der Waals surface area (Å²) in [6.07, 6.45) is -0.699. The highest BCUT2D eigenvalue weighted by molar-refractivity contribution is 5.86. The van der Waals surface area contributed by atoms with Gasteiger partial charge < -0.3 is 24.3 Å². The largest absolute Gasteiger partial charge is 0.463 e. The van der Waals surface area contributed by atoms with Gasteiger partial charge in [-0.15, -0.1) is 0 Å². The molecule has 7 nitrogen and oxygen atoms in total. The van der Waals surface area contributed by atoms with Gasteiger partial charge in [-0.25, -0.2) is 9.59 Å². The Kier molecular flexibility index (Phi) is 5.01. The van der Waals surface area contributed by atoms with E-state index in [1.54, 1.807) is 27.7 Å². The van der Waals surface area contributed by atoms with Gasteiger partial charge in [0.25, 0.3) is 0 Å². The molecule has 7 heteroatoms. The summed E-state index contributed by atoms with van der Waals surface area (Å²) >= 11 is 0. The van der Waals surface area contributed by atoms with E-state index >= 15 is 0 Å². The van der Waals surface area contributed by atoms with Gasteiger partial charge >= 0.3 is 12.1 Å². The first-order valence-electron chi connectivity index (χ1n) is 6.42. The third kappa shape index (κ3) is 4.49. The summed E-state index contributed by atoms with van der Waals surface area (Å²) < 4.78 is 15.0. The number of nitrogens with one attached hydrogen (secondary N) is 1. The number of methoxy groups -OCH3 is 1. The molecule has 0 bridgehead atoms. The van der Waals surface area contributed by atoms with Crippen LogP contribution in [0.3, 0.4) is 0 Å². The quantitative estimate of drug-likeness (QED) is 0.823. The molecular weight excluding hydrogens is 278 g/mol. The molecule has 1 aromatic rings. The Labute approximate surface area is 123 Å². The summed E-state index contributed by atoms with van der Waals surface area (Å²) in [6.45, 7) is 6.30. The minimum absolute atomic E-state index is 0.0156. The first-order chi connectivity index (χ1) is 9.61. The number of ether oxygens (including phenoxy) is 2. The van der Waals surface area contributed by atoms with E-state index in [1.807, 2.05) is 0 Å². The zero-order valence-corrected chi connectivity index (χ0v) is 12.9. The average molecular weight is 299 g/mol. The van der Waals surface area contributed by atoms with Crippen molar-refractivity contribution >= 4 is 12.1 Å². The third-order valence-electron chi connectivity index (χ3n) is 2.63. The van der Waals surface area contributed by atoms with Gasteiger partial charge in [-0.2, -0.15) is 0 Å². The summed E-state index contributed by atoms with van der Waals surface area (Å²) in [5, 5.41) is 12.1. The highest BCUT2D eigenvalue weighted by atomic mass is 16.6. The van der Waals surface area contributed by atoms with Crippen molar-refractivity contribution in [2.45, 2.75) is 38.8 Å². The topological polar surface area (TPSA) is 98.0 Å². The van der Waals surface area contributed by atoms with E-state index in [9.17, 15) is 14.7 Å².